The van der Waals surface area contributed by atoms with Crippen molar-refractivity contribution in [2.45, 2.75) is 13.8 Å². The molecule has 3 N–H and O–H groups in total. The number of piperazine rings is 1. The molecule has 12 nitrogen and oxygen atoms in total. The highest BCUT2D eigenvalue weighted by Crippen LogP contribution is 2.19. The summed E-state index contributed by atoms with van der Waals surface area (Å²) in [6.07, 6.45) is 3.46. The number of hydrogen-bond donors (Lipinski definition) is 3. The summed E-state index contributed by atoms with van der Waals surface area (Å²) in [6.45, 7) is 7.45. The third kappa shape index (κ3) is 5.42. The van der Waals surface area contributed by atoms with Crippen molar-refractivity contribution in [3.63, 3.8) is 0 Å². The maximum Gasteiger partial charge on any atom is 0.290 e. The predicted octanol–water partition coefficient (Wildman–Crippen LogP) is 0.589. The van der Waals surface area contributed by atoms with Crippen molar-refractivity contribution in [2.24, 2.45) is 0 Å². The van der Waals surface area contributed by atoms with Crippen LogP contribution >= 0.6 is 0 Å². The second kappa shape index (κ2) is 10.3. The topological polar surface area (TPSA) is 147 Å². The van der Waals surface area contributed by atoms with E-state index in [1.165, 1.54) is 0 Å². The molecule has 3 aromatic rings. The van der Waals surface area contributed by atoms with Gasteiger partial charge in [0.1, 0.15) is 5.56 Å². The molecule has 0 atom stereocenters. The van der Waals surface area contributed by atoms with Gasteiger partial charge >= 0.3 is 0 Å². The van der Waals surface area contributed by atoms with Gasteiger partial charge in [-0.3, -0.25) is 14.0 Å². The predicted molar refractivity (Wildman–Crippen MR) is 113 cm³/mol. The molecule has 4 heterocycles. The molecule has 0 saturated carbocycles. The van der Waals surface area contributed by atoms with Gasteiger partial charge in [-0.2, -0.15) is 4.98 Å². The Balaban J connectivity index is 0.000000858. The molecule has 31 heavy (non-hydrogen) atoms. The maximum atomic E-state index is 12.8. The molecule has 1 amide bonds. The molecule has 1 saturated heterocycles. The highest BCUT2D eigenvalue weighted by atomic mass is 16.5. The van der Waals surface area contributed by atoms with Crippen LogP contribution < -0.4 is 20.3 Å². The second-order valence-electron chi connectivity index (χ2n) is 6.56. The van der Waals surface area contributed by atoms with Crippen LogP contribution in [0.1, 0.15) is 23.0 Å². The van der Waals surface area contributed by atoms with Crippen LogP contribution in [0.2, 0.25) is 0 Å². The first-order chi connectivity index (χ1) is 15.0. The van der Waals surface area contributed by atoms with Gasteiger partial charge in [0.25, 0.3) is 12.4 Å². The molecule has 12 heteroatoms. The number of amides is 1. The zero-order valence-electron chi connectivity index (χ0n) is 17.3. The first-order valence-electron chi connectivity index (χ1n) is 9.73. The van der Waals surface area contributed by atoms with Crippen molar-refractivity contribution in [1.29, 1.82) is 0 Å². The Morgan fingerprint density at radius 1 is 1.26 bits per heavy atom. The third-order valence-corrected chi connectivity index (χ3v) is 4.39. The van der Waals surface area contributed by atoms with Crippen molar-refractivity contribution in [3.05, 3.63) is 35.8 Å². The third-order valence-electron chi connectivity index (χ3n) is 4.39. The molecular weight excluding hydrogens is 404 g/mol. The standard InChI is InChI=1S/C18H22N8O2.CH2O2/c1-3-28-17-13(11-26-10-12(2)20-18(26)22-17)16(27)21-14-4-5-15(24-23-14)25-8-6-19-7-9-25;2-1-3/h4-5,10-11,19H,3,6-9H2,1-2H3,(H,21,23,27);1H,(H,2,3). The van der Waals surface area contributed by atoms with E-state index in [9.17, 15) is 4.79 Å². The molecule has 1 fully saturated rings. The Bertz CT molecular complexity index is 1030. The largest absolute Gasteiger partial charge is 0.483 e. The minimum absolute atomic E-state index is 0.239. The van der Waals surface area contributed by atoms with Gasteiger partial charge in [-0.1, -0.05) is 0 Å². The van der Waals surface area contributed by atoms with Crippen LogP contribution in [0.4, 0.5) is 11.6 Å². The number of carboxylic acid groups (broad SMARTS) is 1. The Kier molecular flexibility index (Phi) is 7.27. The molecule has 1 aliphatic heterocycles. The first kappa shape index (κ1) is 21.9. The number of nitrogens with one attached hydrogen (secondary N) is 2. The average Bonchev–Trinajstić information content (AvgIpc) is 3.14. The number of anilines is 2. The van der Waals surface area contributed by atoms with E-state index in [0.29, 0.717) is 23.8 Å². The van der Waals surface area contributed by atoms with Crippen molar-refractivity contribution in [2.75, 3.05) is 43.0 Å². The lowest BCUT2D eigenvalue weighted by atomic mass is 10.3. The fraction of sp³-hybridized carbons (Fsp3) is 0.368. The normalized spacial score (nSPS) is 13.3. The second-order valence-corrected chi connectivity index (χ2v) is 6.56. The molecular formula is C19H24N8O4. The molecule has 1 aliphatic rings. The van der Waals surface area contributed by atoms with Gasteiger partial charge in [0.15, 0.2) is 11.6 Å². The van der Waals surface area contributed by atoms with Crippen LogP contribution in [0, 0.1) is 6.92 Å². The van der Waals surface area contributed by atoms with E-state index in [1.54, 1.807) is 22.9 Å². The quantitative estimate of drug-likeness (QED) is 0.493. The van der Waals surface area contributed by atoms with Crippen LogP contribution in [-0.4, -0.2) is 74.8 Å². The number of ether oxygens (including phenoxy) is 1. The number of carbonyl (C=O) groups is 2. The van der Waals surface area contributed by atoms with E-state index >= 15 is 0 Å². The van der Waals surface area contributed by atoms with Gasteiger partial charge in [-0.25, -0.2) is 4.98 Å². The summed E-state index contributed by atoms with van der Waals surface area (Å²) in [5.74, 6) is 1.52. The van der Waals surface area contributed by atoms with E-state index in [-0.39, 0.29) is 18.3 Å². The highest BCUT2D eigenvalue weighted by Gasteiger charge is 2.18. The van der Waals surface area contributed by atoms with Crippen LogP contribution in [0.15, 0.2) is 24.5 Å². The van der Waals surface area contributed by atoms with E-state index < -0.39 is 0 Å². The van der Waals surface area contributed by atoms with Gasteiger partial charge in [0.2, 0.25) is 11.7 Å². The number of aromatic nitrogens is 5. The van der Waals surface area contributed by atoms with Crippen molar-refractivity contribution >= 4 is 29.8 Å². The van der Waals surface area contributed by atoms with Crippen LogP contribution in [0.5, 0.6) is 5.88 Å². The molecule has 0 bridgehead atoms. The maximum absolute atomic E-state index is 12.8. The molecule has 164 valence electrons. The fourth-order valence-electron chi connectivity index (χ4n) is 3.07. The van der Waals surface area contributed by atoms with Crippen LogP contribution in [0.25, 0.3) is 5.78 Å². The number of rotatable bonds is 5. The van der Waals surface area contributed by atoms with E-state index in [1.807, 2.05) is 19.9 Å². The van der Waals surface area contributed by atoms with Gasteiger partial charge < -0.3 is 25.4 Å². The van der Waals surface area contributed by atoms with E-state index in [2.05, 4.69) is 35.7 Å². The Hall–Kier alpha value is -3.80. The summed E-state index contributed by atoms with van der Waals surface area (Å²) in [7, 11) is 0. The molecule has 3 aromatic heterocycles. The van der Waals surface area contributed by atoms with Crippen LogP contribution in [-0.2, 0) is 4.79 Å². The minimum atomic E-state index is -0.367. The smallest absolute Gasteiger partial charge is 0.290 e. The molecule has 0 aromatic carbocycles. The lowest BCUT2D eigenvalue weighted by Gasteiger charge is -2.27. The van der Waals surface area contributed by atoms with Gasteiger partial charge in [-0.15, -0.1) is 10.2 Å². The summed E-state index contributed by atoms with van der Waals surface area (Å²) in [5, 5.41) is 21.3. The Morgan fingerprint density at radius 3 is 2.65 bits per heavy atom. The number of nitrogens with zero attached hydrogens (tertiary/aromatic N) is 6. The van der Waals surface area contributed by atoms with Crippen LogP contribution in [0.3, 0.4) is 0 Å². The Morgan fingerprint density at radius 2 is 2.00 bits per heavy atom. The SMILES string of the molecule is CCOc1nc2nc(C)cn2cc1C(=O)Nc1ccc(N2CCNCC2)nn1.O=CO. The lowest BCUT2D eigenvalue weighted by molar-refractivity contribution is -0.122. The first-order valence-corrected chi connectivity index (χ1v) is 9.73. The molecule has 4 rings (SSSR count). The Labute approximate surface area is 178 Å². The van der Waals surface area contributed by atoms with E-state index in [0.717, 1.165) is 37.7 Å². The zero-order valence-corrected chi connectivity index (χ0v) is 17.3. The van der Waals surface area contributed by atoms with Gasteiger partial charge in [0, 0.05) is 38.6 Å². The van der Waals surface area contributed by atoms with Gasteiger partial charge in [0.05, 0.1) is 12.3 Å². The molecule has 0 unspecified atom stereocenters. The number of hydrogen-bond acceptors (Lipinski definition) is 9. The fourth-order valence-corrected chi connectivity index (χ4v) is 3.07. The zero-order chi connectivity index (χ0) is 22.2. The number of carbonyl (C=O) groups excluding carboxylic acids is 1. The minimum Gasteiger partial charge on any atom is -0.483 e. The average molecular weight is 428 g/mol. The van der Waals surface area contributed by atoms with Crippen molar-refractivity contribution in [3.8, 4) is 5.88 Å². The molecule has 0 spiro atoms. The van der Waals surface area contributed by atoms with Crippen molar-refractivity contribution in [1.82, 2.24) is 29.9 Å². The summed E-state index contributed by atoms with van der Waals surface area (Å²) in [5.41, 5.74) is 1.11. The summed E-state index contributed by atoms with van der Waals surface area (Å²) >= 11 is 0. The highest BCUT2D eigenvalue weighted by molar-refractivity contribution is 6.05. The van der Waals surface area contributed by atoms with Gasteiger partial charge in [-0.05, 0) is 26.0 Å². The summed E-state index contributed by atoms with van der Waals surface area (Å²) < 4.78 is 7.24. The summed E-state index contributed by atoms with van der Waals surface area (Å²) in [4.78, 5) is 32.0. The lowest BCUT2D eigenvalue weighted by Crippen LogP contribution is -2.43. The number of aryl methyl sites for hydroxylation is 1. The summed E-state index contributed by atoms with van der Waals surface area (Å²) in [6, 6.07) is 3.61. The number of imidazole rings is 1. The molecule has 0 radical (unpaired) electrons. The van der Waals surface area contributed by atoms with E-state index in [4.69, 9.17) is 14.6 Å². The monoisotopic (exact) mass is 428 g/mol. The number of fused-ring (bicyclic) bond motifs is 1. The van der Waals surface area contributed by atoms with Crippen molar-refractivity contribution < 1.29 is 19.4 Å². The molecule has 0 aliphatic carbocycles.